The quantitative estimate of drug-likeness (QED) is 0.727. The predicted octanol–water partition coefficient (Wildman–Crippen LogP) is 4.55. The second-order valence-electron chi connectivity index (χ2n) is 6.31. The Morgan fingerprint density at radius 1 is 1.19 bits per heavy atom. The molecular formula is C20H22F3NO2S. The first-order valence-corrected chi connectivity index (χ1v) is 9.60. The molecule has 146 valence electrons. The summed E-state index contributed by atoms with van der Waals surface area (Å²) in [7, 11) is 1.54. The number of nitrogens with zero attached hydrogens (tertiary/aromatic N) is 1. The molecule has 1 N–H and O–H groups in total. The van der Waals surface area contributed by atoms with E-state index in [4.69, 9.17) is 0 Å². The van der Waals surface area contributed by atoms with Crippen LogP contribution in [0.4, 0.5) is 13.2 Å². The number of alkyl halides is 3. The van der Waals surface area contributed by atoms with Gasteiger partial charge < -0.3 is 10.0 Å². The average molecular weight is 397 g/mol. The number of hydrogen-bond acceptors (Lipinski definition) is 3. The molecule has 1 amide bonds. The minimum atomic E-state index is -4.47. The molecule has 0 radical (unpaired) electrons. The summed E-state index contributed by atoms with van der Waals surface area (Å²) in [6.07, 6.45) is -3.94. The van der Waals surface area contributed by atoms with Crippen LogP contribution in [0.3, 0.4) is 0 Å². The maximum absolute atomic E-state index is 13.2. The number of likely N-dealkylation sites (N-methyl/N-ethyl adjacent to an activating group) is 1. The molecule has 0 fully saturated rings. The van der Waals surface area contributed by atoms with Crippen molar-refractivity contribution in [2.24, 2.45) is 0 Å². The van der Waals surface area contributed by atoms with Crippen LogP contribution >= 0.6 is 11.8 Å². The fraction of sp³-hybridized carbons (Fsp3) is 0.350. The summed E-state index contributed by atoms with van der Waals surface area (Å²) < 4.78 is 39.6. The molecule has 0 aromatic heterocycles. The van der Waals surface area contributed by atoms with Gasteiger partial charge in [-0.1, -0.05) is 36.4 Å². The molecule has 0 spiro atoms. The van der Waals surface area contributed by atoms with Crippen molar-refractivity contribution in [2.45, 2.75) is 36.6 Å². The van der Waals surface area contributed by atoms with E-state index < -0.39 is 23.9 Å². The van der Waals surface area contributed by atoms with Crippen molar-refractivity contribution in [1.29, 1.82) is 0 Å². The topological polar surface area (TPSA) is 40.5 Å². The highest BCUT2D eigenvalue weighted by Gasteiger charge is 2.34. The molecule has 7 heteroatoms. The summed E-state index contributed by atoms with van der Waals surface area (Å²) in [4.78, 5) is 14.0. The zero-order valence-corrected chi connectivity index (χ0v) is 16.1. The van der Waals surface area contributed by atoms with Crippen LogP contribution in [0.25, 0.3) is 0 Å². The molecule has 0 unspecified atom stereocenters. The van der Waals surface area contributed by atoms with Crippen molar-refractivity contribution in [3.05, 3.63) is 65.2 Å². The summed E-state index contributed by atoms with van der Waals surface area (Å²) >= 11 is 1.01. The van der Waals surface area contributed by atoms with Gasteiger partial charge in [0, 0.05) is 11.9 Å². The summed E-state index contributed by atoms with van der Waals surface area (Å²) in [5.41, 5.74) is 0.229. The third-order valence-corrected chi connectivity index (χ3v) is 5.32. The van der Waals surface area contributed by atoms with Crippen LogP contribution in [0.1, 0.15) is 29.7 Å². The standard InChI is InChI=1S/C20H22F3NO2S/c1-13(19(26)15-7-5-4-6-8-15)24(2)18(25)12-14-9-10-17(27-3)16(11-14)20(21,22)23/h4-11,13,19,26H,12H2,1-3H3/t13-,19+/m1/s1. The first kappa shape index (κ1) is 21.3. The van der Waals surface area contributed by atoms with Crippen molar-refractivity contribution in [3.63, 3.8) is 0 Å². The van der Waals surface area contributed by atoms with Crippen LogP contribution in [0.2, 0.25) is 0 Å². The lowest BCUT2D eigenvalue weighted by atomic mass is 10.0. The predicted molar refractivity (Wildman–Crippen MR) is 101 cm³/mol. The largest absolute Gasteiger partial charge is 0.417 e. The Hall–Kier alpha value is -1.99. The van der Waals surface area contributed by atoms with Crippen LogP contribution in [0, 0.1) is 0 Å². The molecule has 2 aromatic rings. The summed E-state index contributed by atoms with van der Waals surface area (Å²) in [5.74, 6) is -0.359. The Morgan fingerprint density at radius 3 is 2.37 bits per heavy atom. The maximum Gasteiger partial charge on any atom is 0.417 e. The Morgan fingerprint density at radius 2 is 1.81 bits per heavy atom. The second-order valence-corrected chi connectivity index (χ2v) is 7.16. The third-order valence-electron chi connectivity index (χ3n) is 4.53. The van der Waals surface area contributed by atoms with Gasteiger partial charge in [-0.25, -0.2) is 0 Å². The zero-order valence-electron chi connectivity index (χ0n) is 15.3. The summed E-state index contributed by atoms with van der Waals surface area (Å²) in [5, 5.41) is 10.4. The lowest BCUT2D eigenvalue weighted by Crippen LogP contribution is -2.39. The van der Waals surface area contributed by atoms with Gasteiger partial charge in [-0.3, -0.25) is 4.79 Å². The highest BCUT2D eigenvalue weighted by molar-refractivity contribution is 7.98. The van der Waals surface area contributed by atoms with Crippen molar-refractivity contribution >= 4 is 17.7 Å². The van der Waals surface area contributed by atoms with E-state index in [0.29, 0.717) is 11.1 Å². The van der Waals surface area contributed by atoms with Crippen molar-refractivity contribution in [1.82, 2.24) is 4.90 Å². The van der Waals surface area contributed by atoms with Gasteiger partial charge in [0.15, 0.2) is 0 Å². The van der Waals surface area contributed by atoms with E-state index in [9.17, 15) is 23.1 Å². The van der Waals surface area contributed by atoms with Crippen LogP contribution in [0.5, 0.6) is 0 Å². The number of aliphatic hydroxyl groups excluding tert-OH is 1. The Labute approximate surface area is 161 Å². The van der Waals surface area contributed by atoms with Crippen LogP contribution in [-0.4, -0.2) is 35.3 Å². The molecule has 0 aliphatic carbocycles. The lowest BCUT2D eigenvalue weighted by Gasteiger charge is -2.29. The molecule has 27 heavy (non-hydrogen) atoms. The molecule has 0 saturated heterocycles. The molecule has 0 saturated carbocycles. The van der Waals surface area contributed by atoms with Crippen molar-refractivity contribution < 1.29 is 23.1 Å². The molecule has 2 rings (SSSR count). The molecule has 0 bridgehead atoms. The van der Waals surface area contributed by atoms with Gasteiger partial charge in [0.1, 0.15) is 0 Å². The van der Waals surface area contributed by atoms with E-state index in [2.05, 4.69) is 0 Å². The number of amides is 1. The van der Waals surface area contributed by atoms with Crippen LogP contribution in [0.15, 0.2) is 53.4 Å². The summed E-state index contributed by atoms with van der Waals surface area (Å²) in [6, 6.07) is 12.4. The first-order chi connectivity index (χ1) is 12.6. The van der Waals surface area contributed by atoms with E-state index >= 15 is 0 Å². The average Bonchev–Trinajstić information content (AvgIpc) is 2.66. The van der Waals surface area contributed by atoms with E-state index in [1.165, 1.54) is 17.0 Å². The number of carbonyl (C=O) groups excluding carboxylic acids is 1. The molecule has 0 aliphatic rings. The smallest absolute Gasteiger partial charge is 0.386 e. The number of rotatable bonds is 6. The molecular weight excluding hydrogens is 375 g/mol. The highest BCUT2D eigenvalue weighted by atomic mass is 32.2. The van der Waals surface area contributed by atoms with Crippen LogP contribution in [-0.2, 0) is 17.4 Å². The van der Waals surface area contributed by atoms with E-state index in [1.807, 2.05) is 6.07 Å². The minimum Gasteiger partial charge on any atom is -0.386 e. The molecule has 2 atom stereocenters. The maximum atomic E-state index is 13.2. The van der Waals surface area contributed by atoms with Gasteiger partial charge in [-0.2, -0.15) is 13.2 Å². The fourth-order valence-electron chi connectivity index (χ4n) is 2.75. The van der Waals surface area contributed by atoms with Gasteiger partial charge in [-0.15, -0.1) is 11.8 Å². The Bertz CT molecular complexity index is 781. The van der Waals surface area contributed by atoms with E-state index in [-0.39, 0.29) is 17.2 Å². The minimum absolute atomic E-state index is 0.125. The number of benzene rings is 2. The molecule has 0 heterocycles. The van der Waals surface area contributed by atoms with Gasteiger partial charge in [0.05, 0.1) is 24.1 Å². The Balaban J connectivity index is 2.14. The van der Waals surface area contributed by atoms with Crippen molar-refractivity contribution in [3.8, 4) is 0 Å². The zero-order chi connectivity index (χ0) is 20.2. The van der Waals surface area contributed by atoms with Crippen LogP contribution < -0.4 is 0 Å². The third kappa shape index (κ3) is 5.26. The number of hydrogen-bond donors (Lipinski definition) is 1. The SMILES string of the molecule is CSc1ccc(CC(=O)N(C)[C@H](C)[C@H](O)c2ccccc2)cc1C(F)(F)F. The second kappa shape index (κ2) is 8.80. The number of aliphatic hydroxyl groups is 1. The van der Waals surface area contributed by atoms with Gasteiger partial charge in [0.25, 0.3) is 0 Å². The molecule has 0 aliphatic heterocycles. The fourth-order valence-corrected chi connectivity index (χ4v) is 3.35. The number of carbonyl (C=O) groups is 1. The number of thioether (sulfide) groups is 1. The Kier molecular flexibility index (Phi) is 6.95. The first-order valence-electron chi connectivity index (χ1n) is 8.38. The molecule has 3 nitrogen and oxygen atoms in total. The van der Waals surface area contributed by atoms with E-state index in [0.717, 1.165) is 17.8 Å². The monoisotopic (exact) mass is 397 g/mol. The van der Waals surface area contributed by atoms with Gasteiger partial charge in [-0.05, 0) is 36.4 Å². The van der Waals surface area contributed by atoms with Gasteiger partial charge in [0.2, 0.25) is 5.91 Å². The number of halogens is 3. The van der Waals surface area contributed by atoms with E-state index in [1.54, 1.807) is 44.5 Å². The molecule has 2 aromatic carbocycles. The van der Waals surface area contributed by atoms with Gasteiger partial charge >= 0.3 is 6.18 Å². The highest BCUT2D eigenvalue weighted by Crippen LogP contribution is 2.36. The summed E-state index contributed by atoms with van der Waals surface area (Å²) in [6.45, 7) is 1.70. The normalized spacial score (nSPS) is 13.9. The lowest BCUT2D eigenvalue weighted by molar-refractivity contribution is -0.140. The van der Waals surface area contributed by atoms with Crippen molar-refractivity contribution in [2.75, 3.05) is 13.3 Å².